The summed E-state index contributed by atoms with van der Waals surface area (Å²) < 4.78 is 0. The van der Waals surface area contributed by atoms with Crippen molar-refractivity contribution in [3.63, 3.8) is 0 Å². The Bertz CT molecular complexity index is 705. The van der Waals surface area contributed by atoms with Gasteiger partial charge in [0.15, 0.2) is 0 Å². The molecule has 1 aromatic carbocycles. The Labute approximate surface area is 155 Å². The summed E-state index contributed by atoms with van der Waals surface area (Å²) in [5, 5.41) is 3.96. The fourth-order valence-electron chi connectivity index (χ4n) is 2.87. The molecular formula is C20H29N3OS. The first-order valence-electron chi connectivity index (χ1n) is 9.05. The maximum absolute atomic E-state index is 12.5. The highest BCUT2D eigenvalue weighted by atomic mass is 32.1. The molecule has 5 heteroatoms. The molecule has 0 radical (unpaired) electrons. The second kappa shape index (κ2) is 9.11. The highest BCUT2D eigenvalue weighted by Gasteiger charge is 2.18. The van der Waals surface area contributed by atoms with E-state index in [-0.39, 0.29) is 5.91 Å². The fourth-order valence-corrected chi connectivity index (χ4v) is 3.90. The van der Waals surface area contributed by atoms with Crippen LogP contribution in [-0.2, 0) is 0 Å². The predicted octanol–water partition coefficient (Wildman–Crippen LogP) is 4.31. The molecule has 2 aromatic rings. The standard InChI is InChI=1S/C20H29N3OS/c1-6-23(7-2)13-12-21-19(24)18-15(5)22-20(25-18)17-11-9-8-10-16(17)14(3)4/h8-11,14H,6-7,12-13H2,1-5H3,(H,21,24). The average molecular weight is 360 g/mol. The zero-order valence-corrected chi connectivity index (χ0v) is 16.7. The summed E-state index contributed by atoms with van der Waals surface area (Å²) in [5.74, 6) is 0.405. The monoisotopic (exact) mass is 359 g/mol. The van der Waals surface area contributed by atoms with Gasteiger partial charge in [0.1, 0.15) is 9.88 Å². The van der Waals surface area contributed by atoms with Gasteiger partial charge in [0.2, 0.25) is 0 Å². The number of aryl methyl sites for hydroxylation is 1. The van der Waals surface area contributed by atoms with Crippen molar-refractivity contribution < 1.29 is 4.79 Å². The molecule has 0 aliphatic carbocycles. The molecule has 0 saturated carbocycles. The van der Waals surface area contributed by atoms with Crippen molar-refractivity contribution in [3.05, 3.63) is 40.4 Å². The zero-order chi connectivity index (χ0) is 18.4. The Morgan fingerprint density at radius 1 is 1.24 bits per heavy atom. The van der Waals surface area contributed by atoms with Crippen LogP contribution in [0.25, 0.3) is 10.6 Å². The molecule has 1 heterocycles. The topological polar surface area (TPSA) is 45.2 Å². The number of aromatic nitrogens is 1. The molecule has 0 unspecified atom stereocenters. The van der Waals surface area contributed by atoms with Crippen LogP contribution in [0.1, 0.15) is 54.5 Å². The van der Waals surface area contributed by atoms with E-state index < -0.39 is 0 Å². The molecule has 25 heavy (non-hydrogen) atoms. The summed E-state index contributed by atoms with van der Waals surface area (Å²) in [6.45, 7) is 14.1. The number of likely N-dealkylation sites (N-methyl/N-ethyl adjacent to an activating group) is 1. The molecule has 136 valence electrons. The van der Waals surface area contributed by atoms with Crippen LogP contribution in [0.4, 0.5) is 0 Å². The van der Waals surface area contributed by atoms with Crippen LogP contribution in [0, 0.1) is 6.92 Å². The summed E-state index contributed by atoms with van der Waals surface area (Å²) in [7, 11) is 0. The van der Waals surface area contributed by atoms with E-state index in [4.69, 9.17) is 0 Å². The van der Waals surface area contributed by atoms with Crippen LogP contribution in [0.15, 0.2) is 24.3 Å². The van der Waals surface area contributed by atoms with Crippen LogP contribution < -0.4 is 5.32 Å². The number of hydrogen-bond acceptors (Lipinski definition) is 4. The van der Waals surface area contributed by atoms with Crippen LogP contribution in [0.3, 0.4) is 0 Å². The van der Waals surface area contributed by atoms with Gasteiger partial charge < -0.3 is 10.2 Å². The van der Waals surface area contributed by atoms with E-state index in [0.29, 0.717) is 17.3 Å². The third-order valence-corrected chi connectivity index (χ3v) is 5.61. The van der Waals surface area contributed by atoms with Gasteiger partial charge in [0.25, 0.3) is 5.91 Å². The summed E-state index contributed by atoms with van der Waals surface area (Å²) in [5.41, 5.74) is 3.21. The minimum atomic E-state index is -0.0181. The number of nitrogens with zero attached hydrogens (tertiary/aromatic N) is 2. The maximum atomic E-state index is 12.5. The molecule has 0 aliphatic rings. The molecule has 0 saturated heterocycles. The van der Waals surface area contributed by atoms with E-state index in [1.165, 1.54) is 16.9 Å². The van der Waals surface area contributed by atoms with Crippen molar-refractivity contribution in [1.29, 1.82) is 0 Å². The van der Waals surface area contributed by atoms with Gasteiger partial charge in [0, 0.05) is 18.7 Å². The van der Waals surface area contributed by atoms with E-state index in [1.54, 1.807) is 0 Å². The average Bonchev–Trinajstić information content (AvgIpc) is 3.00. The molecular weight excluding hydrogens is 330 g/mol. The summed E-state index contributed by atoms with van der Waals surface area (Å²) in [4.78, 5) is 20.2. The van der Waals surface area contributed by atoms with Gasteiger partial charge in [-0.1, -0.05) is 52.0 Å². The Hall–Kier alpha value is -1.72. The van der Waals surface area contributed by atoms with Gasteiger partial charge in [-0.3, -0.25) is 4.79 Å². The quantitative estimate of drug-likeness (QED) is 0.764. The number of benzene rings is 1. The highest BCUT2D eigenvalue weighted by Crippen LogP contribution is 2.33. The first-order chi connectivity index (χ1) is 12.0. The van der Waals surface area contributed by atoms with Crippen molar-refractivity contribution in [3.8, 4) is 10.6 Å². The second-order valence-corrected chi connectivity index (χ2v) is 7.46. The molecule has 1 N–H and O–H groups in total. The highest BCUT2D eigenvalue weighted by molar-refractivity contribution is 7.17. The summed E-state index contributed by atoms with van der Waals surface area (Å²) >= 11 is 1.49. The van der Waals surface area contributed by atoms with E-state index in [0.717, 1.165) is 35.9 Å². The number of hydrogen-bond donors (Lipinski definition) is 1. The smallest absolute Gasteiger partial charge is 0.263 e. The third-order valence-electron chi connectivity index (χ3n) is 4.42. The van der Waals surface area contributed by atoms with Gasteiger partial charge in [-0.25, -0.2) is 4.98 Å². The van der Waals surface area contributed by atoms with Crippen molar-refractivity contribution in [2.24, 2.45) is 0 Å². The Kier molecular flexibility index (Phi) is 7.14. The van der Waals surface area contributed by atoms with Crippen molar-refractivity contribution in [2.45, 2.75) is 40.5 Å². The molecule has 0 bridgehead atoms. The molecule has 1 aromatic heterocycles. The van der Waals surface area contributed by atoms with Crippen molar-refractivity contribution in [2.75, 3.05) is 26.2 Å². The van der Waals surface area contributed by atoms with Gasteiger partial charge in [-0.2, -0.15) is 0 Å². The van der Waals surface area contributed by atoms with Crippen LogP contribution in [-0.4, -0.2) is 42.0 Å². The summed E-state index contributed by atoms with van der Waals surface area (Å²) in [6, 6.07) is 8.32. The molecule has 2 rings (SSSR count). The lowest BCUT2D eigenvalue weighted by molar-refractivity contribution is 0.0952. The van der Waals surface area contributed by atoms with E-state index in [9.17, 15) is 4.79 Å². The lowest BCUT2D eigenvalue weighted by Gasteiger charge is -2.17. The first-order valence-corrected chi connectivity index (χ1v) is 9.86. The van der Waals surface area contributed by atoms with Gasteiger partial charge >= 0.3 is 0 Å². The predicted molar refractivity (Wildman–Crippen MR) is 106 cm³/mol. The number of nitrogens with one attached hydrogen (secondary N) is 1. The third kappa shape index (κ3) is 4.89. The van der Waals surface area contributed by atoms with Gasteiger partial charge in [0.05, 0.1) is 5.69 Å². The minimum Gasteiger partial charge on any atom is -0.350 e. The Morgan fingerprint density at radius 3 is 2.56 bits per heavy atom. The molecule has 4 nitrogen and oxygen atoms in total. The number of rotatable bonds is 8. The first kappa shape index (κ1) is 19.6. The number of thiazole rings is 1. The Morgan fingerprint density at radius 2 is 1.92 bits per heavy atom. The normalized spacial score (nSPS) is 11.3. The maximum Gasteiger partial charge on any atom is 0.263 e. The van der Waals surface area contributed by atoms with Crippen LogP contribution in [0.2, 0.25) is 0 Å². The lowest BCUT2D eigenvalue weighted by Crippen LogP contribution is -2.34. The van der Waals surface area contributed by atoms with Crippen LogP contribution >= 0.6 is 11.3 Å². The molecule has 0 spiro atoms. The number of carbonyl (C=O) groups excluding carboxylic acids is 1. The SMILES string of the molecule is CCN(CC)CCNC(=O)c1sc(-c2ccccc2C(C)C)nc1C. The largest absolute Gasteiger partial charge is 0.350 e. The summed E-state index contributed by atoms with van der Waals surface area (Å²) in [6.07, 6.45) is 0. The molecule has 0 fully saturated rings. The van der Waals surface area contributed by atoms with Gasteiger partial charge in [-0.05, 0) is 31.5 Å². The van der Waals surface area contributed by atoms with Crippen molar-refractivity contribution in [1.82, 2.24) is 15.2 Å². The molecule has 0 atom stereocenters. The van der Waals surface area contributed by atoms with Crippen molar-refractivity contribution >= 4 is 17.2 Å². The van der Waals surface area contributed by atoms with Gasteiger partial charge in [-0.15, -0.1) is 11.3 Å². The van der Waals surface area contributed by atoms with E-state index in [2.05, 4.69) is 61.1 Å². The minimum absolute atomic E-state index is 0.0181. The van der Waals surface area contributed by atoms with Crippen LogP contribution in [0.5, 0.6) is 0 Å². The fraction of sp³-hybridized carbons (Fsp3) is 0.500. The number of amides is 1. The molecule has 0 aliphatic heterocycles. The number of carbonyl (C=O) groups is 1. The second-order valence-electron chi connectivity index (χ2n) is 6.46. The lowest BCUT2D eigenvalue weighted by atomic mass is 9.98. The van der Waals surface area contributed by atoms with E-state index in [1.807, 2.05) is 13.0 Å². The van der Waals surface area contributed by atoms with E-state index >= 15 is 0 Å². The Balaban J connectivity index is 2.14. The zero-order valence-electron chi connectivity index (χ0n) is 15.9. The molecule has 1 amide bonds.